The Morgan fingerprint density at radius 1 is 0.923 bits per heavy atom. The molecule has 0 saturated carbocycles. The Morgan fingerprint density at radius 2 is 1.65 bits per heavy atom. The van der Waals surface area contributed by atoms with Crippen LogP contribution in [0, 0.1) is 41.3 Å². The second-order valence-electron chi connectivity index (χ2n) is 5.65. The summed E-state index contributed by atoms with van der Waals surface area (Å²) in [4.78, 5) is 15.9. The SMILES string of the molecule is [NH-]C(=O)c1cc(-c2ccc3c(c2)OCO3)c2c3c(ccc2n1)OCO3.[Pr]. The van der Waals surface area contributed by atoms with Crippen molar-refractivity contribution in [3.8, 4) is 34.1 Å². The first-order valence-corrected chi connectivity index (χ1v) is 7.60. The Bertz CT molecular complexity index is 1050. The molecule has 1 aromatic heterocycles. The number of benzene rings is 2. The molecule has 2 aromatic carbocycles. The average Bonchev–Trinajstić information content (AvgIpc) is 3.28. The van der Waals surface area contributed by atoms with Gasteiger partial charge in [-0.2, -0.15) is 0 Å². The number of amides is 1. The minimum atomic E-state index is -0.846. The molecule has 5 rings (SSSR count). The summed E-state index contributed by atoms with van der Waals surface area (Å²) >= 11 is 0. The third-order valence-corrected chi connectivity index (χ3v) is 4.22. The van der Waals surface area contributed by atoms with Crippen LogP contribution in [-0.2, 0) is 0 Å². The summed E-state index contributed by atoms with van der Waals surface area (Å²) < 4.78 is 21.9. The molecule has 3 heterocycles. The van der Waals surface area contributed by atoms with E-state index in [9.17, 15) is 4.79 Å². The normalized spacial score (nSPS) is 13.5. The first-order valence-electron chi connectivity index (χ1n) is 7.60. The number of ether oxygens (including phenoxy) is 4. The third kappa shape index (κ3) is 2.66. The summed E-state index contributed by atoms with van der Waals surface area (Å²) in [7, 11) is 0. The Hall–Kier alpha value is -2.12. The quantitative estimate of drug-likeness (QED) is 0.562. The zero-order valence-electron chi connectivity index (χ0n) is 13.4. The van der Waals surface area contributed by atoms with Gasteiger partial charge in [0.15, 0.2) is 23.0 Å². The smallest absolute Gasteiger partial charge is 0.231 e. The summed E-state index contributed by atoms with van der Waals surface area (Å²) in [6.45, 7) is 0.312. The van der Waals surface area contributed by atoms with Crippen LogP contribution in [0.15, 0.2) is 36.4 Å². The van der Waals surface area contributed by atoms with E-state index < -0.39 is 5.91 Å². The van der Waals surface area contributed by atoms with Gasteiger partial charge in [-0.1, -0.05) is 6.07 Å². The number of carbonyl (C=O) groups is 1. The molecule has 0 spiro atoms. The molecule has 0 unspecified atom stereocenters. The molecule has 3 aromatic rings. The van der Waals surface area contributed by atoms with Crippen LogP contribution in [0.2, 0.25) is 0 Å². The maximum absolute atomic E-state index is 11.6. The zero-order valence-corrected chi connectivity index (χ0v) is 17.1. The molecule has 1 N–H and O–H groups in total. The number of rotatable bonds is 2. The van der Waals surface area contributed by atoms with Crippen molar-refractivity contribution in [1.29, 1.82) is 0 Å². The Labute approximate surface area is 181 Å². The van der Waals surface area contributed by atoms with E-state index in [1.807, 2.05) is 18.2 Å². The summed E-state index contributed by atoms with van der Waals surface area (Å²) in [5, 5.41) is 0.735. The molecule has 0 aliphatic carbocycles. The van der Waals surface area contributed by atoms with Crippen LogP contribution in [0.1, 0.15) is 10.5 Å². The second kappa shape index (κ2) is 6.56. The van der Waals surface area contributed by atoms with Gasteiger partial charge in [0.2, 0.25) is 13.6 Å². The molecule has 0 bridgehead atoms. The number of aromatic nitrogens is 1. The maximum atomic E-state index is 11.6. The molecule has 127 valence electrons. The van der Waals surface area contributed by atoms with E-state index >= 15 is 0 Å². The van der Waals surface area contributed by atoms with Crippen LogP contribution >= 0.6 is 0 Å². The summed E-state index contributed by atoms with van der Waals surface area (Å²) in [5.41, 5.74) is 9.59. The third-order valence-electron chi connectivity index (χ3n) is 4.22. The van der Waals surface area contributed by atoms with Crippen molar-refractivity contribution in [3.63, 3.8) is 0 Å². The van der Waals surface area contributed by atoms with Gasteiger partial charge in [0.25, 0.3) is 0 Å². The topological polar surface area (TPSA) is 90.7 Å². The maximum Gasteiger partial charge on any atom is 0.231 e. The fraction of sp³-hybridized carbons (Fsp3) is 0.111. The number of nitrogens with one attached hydrogen (secondary N) is 1. The first-order chi connectivity index (χ1) is 12.2. The predicted molar refractivity (Wildman–Crippen MR) is 88.1 cm³/mol. The van der Waals surface area contributed by atoms with Crippen molar-refractivity contribution in [3.05, 3.63) is 47.8 Å². The van der Waals surface area contributed by atoms with Crippen molar-refractivity contribution in [2.75, 3.05) is 13.6 Å². The molecular formula is C18H11N2O5Pr-. The zero-order chi connectivity index (χ0) is 17.0. The molecule has 2 aliphatic rings. The fourth-order valence-corrected chi connectivity index (χ4v) is 3.09. The fourth-order valence-electron chi connectivity index (χ4n) is 3.09. The van der Waals surface area contributed by atoms with Crippen molar-refractivity contribution in [2.24, 2.45) is 0 Å². The van der Waals surface area contributed by atoms with Gasteiger partial charge < -0.3 is 29.5 Å². The van der Waals surface area contributed by atoms with Crippen LogP contribution in [0.4, 0.5) is 0 Å². The Kier molecular flexibility index (Phi) is 4.36. The molecule has 0 atom stereocenters. The van der Waals surface area contributed by atoms with Crippen molar-refractivity contribution < 1.29 is 65.0 Å². The molecule has 7 nitrogen and oxygen atoms in total. The van der Waals surface area contributed by atoms with E-state index in [0.29, 0.717) is 28.5 Å². The van der Waals surface area contributed by atoms with E-state index in [2.05, 4.69) is 4.98 Å². The van der Waals surface area contributed by atoms with Gasteiger partial charge in [-0.15, -0.1) is 0 Å². The largest absolute Gasteiger partial charge is 0.662 e. The van der Waals surface area contributed by atoms with Crippen LogP contribution in [0.25, 0.3) is 27.8 Å². The number of carbonyl (C=O) groups excluding carboxylic acids is 1. The van der Waals surface area contributed by atoms with Gasteiger partial charge in [0.1, 0.15) is 0 Å². The first kappa shape index (κ1) is 17.3. The average molecular weight is 476 g/mol. The van der Waals surface area contributed by atoms with Crippen LogP contribution in [-0.4, -0.2) is 24.5 Å². The van der Waals surface area contributed by atoms with Gasteiger partial charge in [-0.05, 0) is 41.5 Å². The number of pyridine rings is 1. The summed E-state index contributed by atoms with van der Waals surface area (Å²) in [6, 6.07) is 10.6. The second-order valence-corrected chi connectivity index (χ2v) is 5.65. The van der Waals surface area contributed by atoms with E-state index in [1.165, 1.54) is 0 Å². The molecule has 0 fully saturated rings. The van der Waals surface area contributed by atoms with Gasteiger partial charge in [-0.3, -0.25) is 0 Å². The number of fused-ring (bicyclic) bond motifs is 4. The van der Waals surface area contributed by atoms with E-state index in [0.717, 1.165) is 16.5 Å². The van der Waals surface area contributed by atoms with Crippen molar-refractivity contribution in [1.82, 2.24) is 4.98 Å². The molecule has 2 aliphatic heterocycles. The predicted octanol–water partition coefficient (Wildman–Crippen LogP) is 3.55. The van der Waals surface area contributed by atoms with Crippen LogP contribution in [0.5, 0.6) is 23.0 Å². The molecule has 1 amide bonds. The van der Waals surface area contributed by atoms with Gasteiger partial charge in [0.05, 0.1) is 22.5 Å². The number of hydrogen-bond acceptors (Lipinski definition) is 6. The van der Waals surface area contributed by atoms with E-state index in [4.69, 9.17) is 24.7 Å². The number of nitrogens with zero attached hydrogens (tertiary/aromatic N) is 1. The monoisotopic (exact) mass is 476 g/mol. The van der Waals surface area contributed by atoms with Crippen LogP contribution < -0.4 is 18.9 Å². The van der Waals surface area contributed by atoms with E-state index in [1.54, 1.807) is 18.2 Å². The minimum Gasteiger partial charge on any atom is -0.662 e. The Morgan fingerprint density at radius 3 is 2.50 bits per heavy atom. The summed E-state index contributed by atoms with van der Waals surface area (Å²) in [6.07, 6.45) is 0. The van der Waals surface area contributed by atoms with E-state index in [-0.39, 0.29) is 60.6 Å². The molecular weight excluding hydrogens is 465 g/mol. The molecule has 26 heavy (non-hydrogen) atoms. The van der Waals surface area contributed by atoms with Crippen molar-refractivity contribution >= 4 is 16.8 Å². The molecule has 1 radical (unpaired) electrons. The standard InChI is InChI=1S/C18H12N2O5.Pr/c19-18(21)12-6-10(9-1-3-13-15(5-9)24-7-22-13)16-11(20-12)2-4-14-17(16)25-8-23-14;/h1-6H,7-8H2,(H2,19,21);/p-1. The van der Waals surface area contributed by atoms with Gasteiger partial charge in [-0.25, -0.2) is 4.98 Å². The summed E-state index contributed by atoms with van der Waals surface area (Å²) in [5.74, 6) is 1.67. The van der Waals surface area contributed by atoms with Crippen LogP contribution in [0.3, 0.4) is 0 Å². The Balaban J connectivity index is 0.00000168. The van der Waals surface area contributed by atoms with Crippen molar-refractivity contribution in [2.45, 2.75) is 0 Å². The van der Waals surface area contributed by atoms with Gasteiger partial charge in [0, 0.05) is 41.3 Å². The number of hydrogen-bond donors (Lipinski definition) is 0. The minimum absolute atomic E-state index is 0. The molecule has 8 heteroatoms. The molecule has 0 saturated heterocycles. The van der Waals surface area contributed by atoms with Gasteiger partial charge >= 0.3 is 0 Å².